The third kappa shape index (κ3) is 2.60. The highest BCUT2D eigenvalue weighted by Gasteiger charge is 2.12. The van der Waals surface area contributed by atoms with Crippen LogP contribution in [0.1, 0.15) is 29.1 Å². The molecule has 0 spiro atoms. The van der Waals surface area contributed by atoms with E-state index in [4.69, 9.17) is 5.73 Å². The Kier molecular flexibility index (Phi) is 3.04. The molecule has 17 heavy (non-hydrogen) atoms. The molecule has 2 aromatic rings. The number of aromatic nitrogens is 3. The predicted molar refractivity (Wildman–Crippen MR) is 63.1 cm³/mol. The predicted octanol–water partition coefficient (Wildman–Crippen LogP) is 0.878. The van der Waals surface area contributed by atoms with Gasteiger partial charge in [-0.1, -0.05) is 0 Å². The molecule has 0 radical (unpaired) electrons. The second-order valence-electron chi connectivity index (χ2n) is 3.64. The molecule has 6 nitrogen and oxygen atoms in total. The van der Waals surface area contributed by atoms with E-state index in [1.165, 1.54) is 6.20 Å². The number of pyridine rings is 1. The molecule has 0 bridgehead atoms. The minimum Gasteiger partial charge on any atom is -0.384 e. The molecule has 4 N–H and O–H groups in total. The summed E-state index contributed by atoms with van der Waals surface area (Å²) < 4.78 is 0. The Labute approximate surface area is 98.3 Å². The Balaban J connectivity index is 2.04. The summed E-state index contributed by atoms with van der Waals surface area (Å²) in [6, 6.07) is 3.04. The molecule has 0 saturated heterocycles. The third-order valence-electron chi connectivity index (χ3n) is 2.33. The zero-order valence-corrected chi connectivity index (χ0v) is 9.34. The van der Waals surface area contributed by atoms with Crippen LogP contribution in [0.4, 0.5) is 5.82 Å². The Hall–Kier alpha value is -2.37. The highest BCUT2D eigenvalue weighted by Crippen LogP contribution is 2.08. The number of anilines is 1. The van der Waals surface area contributed by atoms with Gasteiger partial charge in [-0.2, -0.15) is 0 Å². The van der Waals surface area contributed by atoms with Gasteiger partial charge in [-0.3, -0.25) is 4.79 Å². The van der Waals surface area contributed by atoms with Crippen LogP contribution in [0.15, 0.2) is 30.7 Å². The average molecular weight is 231 g/mol. The number of H-pyrrole nitrogens is 1. The smallest absolute Gasteiger partial charge is 0.253 e. The van der Waals surface area contributed by atoms with Crippen molar-refractivity contribution in [1.82, 2.24) is 20.3 Å². The zero-order chi connectivity index (χ0) is 12.3. The van der Waals surface area contributed by atoms with E-state index < -0.39 is 0 Å². The van der Waals surface area contributed by atoms with Crippen LogP contribution in [0, 0.1) is 0 Å². The molecule has 1 atom stereocenters. The standard InChI is InChI=1S/C11H13N5O/c1-7(10-13-4-5-14-10)16-11(17)8-2-3-9(12)15-6-8/h2-7H,1H3,(H2,12,15)(H,13,14)(H,16,17). The first-order valence-corrected chi connectivity index (χ1v) is 5.18. The third-order valence-corrected chi connectivity index (χ3v) is 2.33. The molecule has 6 heteroatoms. The van der Waals surface area contributed by atoms with Crippen molar-refractivity contribution in [3.05, 3.63) is 42.1 Å². The number of imidazole rings is 1. The fourth-order valence-corrected chi connectivity index (χ4v) is 1.40. The van der Waals surface area contributed by atoms with Gasteiger partial charge in [-0.05, 0) is 19.1 Å². The van der Waals surface area contributed by atoms with Crippen LogP contribution in [0.2, 0.25) is 0 Å². The number of hydrogen-bond acceptors (Lipinski definition) is 4. The highest BCUT2D eigenvalue weighted by molar-refractivity contribution is 5.94. The van der Waals surface area contributed by atoms with Crippen LogP contribution in [0.25, 0.3) is 0 Å². The van der Waals surface area contributed by atoms with Crippen LogP contribution < -0.4 is 11.1 Å². The lowest BCUT2D eigenvalue weighted by Gasteiger charge is -2.11. The molecule has 0 aromatic carbocycles. The quantitative estimate of drug-likeness (QED) is 0.730. The number of rotatable bonds is 3. The average Bonchev–Trinajstić information content (AvgIpc) is 2.83. The monoisotopic (exact) mass is 231 g/mol. The maximum absolute atomic E-state index is 11.8. The Morgan fingerprint density at radius 2 is 2.29 bits per heavy atom. The van der Waals surface area contributed by atoms with Crippen molar-refractivity contribution in [2.75, 3.05) is 5.73 Å². The van der Waals surface area contributed by atoms with E-state index >= 15 is 0 Å². The van der Waals surface area contributed by atoms with Crippen molar-refractivity contribution < 1.29 is 4.79 Å². The van der Waals surface area contributed by atoms with Gasteiger partial charge in [0.05, 0.1) is 11.6 Å². The lowest BCUT2D eigenvalue weighted by atomic mass is 10.2. The summed E-state index contributed by atoms with van der Waals surface area (Å²) in [6.45, 7) is 1.85. The topological polar surface area (TPSA) is 96.7 Å². The number of nitrogens with two attached hydrogens (primary N) is 1. The Morgan fingerprint density at radius 1 is 1.47 bits per heavy atom. The number of nitrogens with zero attached hydrogens (tertiary/aromatic N) is 2. The summed E-state index contributed by atoms with van der Waals surface area (Å²) in [5.74, 6) is 0.892. The molecule has 2 rings (SSSR count). The summed E-state index contributed by atoms with van der Waals surface area (Å²) >= 11 is 0. The summed E-state index contributed by atoms with van der Waals surface area (Å²) in [7, 11) is 0. The number of hydrogen-bond donors (Lipinski definition) is 3. The van der Waals surface area contributed by atoms with Gasteiger partial charge >= 0.3 is 0 Å². The fraction of sp³-hybridized carbons (Fsp3) is 0.182. The van der Waals surface area contributed by atoms with Gasteiger partial charge in [-0.15, -0.1) is 0 Å². The largest absolute Gasteiger partial charge is 0.384 e. The van der Waals surface area contributed by atoms with Crippen LogP contribution in [-0.2, 0) is 0 Å². The number of amides is 1. The fourth-order valence-electron chi connectivity index (χ4n) is 1.40. The van der Waals surface area contributed by atoms with Crippen molar-refractivity contribution in [2.24, 2.45) is 0 Å². The lowest BCUT2D eigenvalue weighted by Crippen LogP contribution is -2.27. The van der Waals surface area contributed by atoms with Gasteiger partial charge in [0.1, 0.15) is 11.6 Å². The van der Waals surface area contributed by atoms with Gasteiger partial charge in [-0.25, -0.2) is 9.97 Å². The molecule has 88 valence electrons. The molecule has 0 fully saturated rings. The molecule has 0 aliphatic carbocycles. The summed E-state index contributed by atoms with van der Waals surface area (Å²) in [5, 5.41) is 2.80. The lowest BCUT2D eigenvalue weighted by molar-refractivity contribution is 0.0938. The summed E-state index contributed by atoms with van der Waals surface area (Å²) in [6.07, 6.45) is 4.80. The number of aromatic amines is 1. The molecule has 0 saturated carbocycles. The van der Waals surface area contributed by atoms with Crippen molar-refractivity contribution in [2.45, 2.75) is 13.0 Å². The first-order chi connectivity index (χ1) is 8.16. The molecule has 2 aromatic heterocycles. The van der Waals surface area contributed by atoms with Gasteiger partial charge in [0, 0.05) is 18.6 Å². The molecule has 1 unspecified atom stereocenters. The molecule has 2 heterocycles. The summed E-state index contributed by atoms with van der Waals surface area (Å²) in [5.41, 5.74) is 5.92. The van der Waals surface area contributed by atoms with E-state index in [0.29, 0.717) is 17.2 Å². The maximum Gasteiger partial charge on any atom is 0.253 e. The molecular weight excluding hydrogens is 218 g/mol. The maximum atomic E-state index is 11.8. The first kappa shape index (κ1) is 11.1. The SMILES string of the molecule is CC(NC(=O)c1ccc(N)nc1)c1ncc[nH]1. The molecule has 0 aliphatic rings. The summed E-state index contributed by atoms with van der Waals surface area (Å²) in [4.78, 5) is 22.7. The van der Waals surface area contributed by atoms with E-state index in [0.717, 1.165) is 0 Å². The molecule has 0 aliphatic heterocycles. The number of nitrogen functional groups attached to an aromatic ring is 1. The van der Waals surface area contributed by atoms with E-state index in [2.05, 4.69) is 20.3 Å². The van der Waals surface area contributed by atoms with E-state index in [9.17, 15) is 4.79 Å². The minimum atomic E-state index is -0.207. The van der Waals surface area contributed by atoms with Gasteiger partial charge < -0.3 is 16.0 Å². The number of carbonyl (C=O) groups excluding carboxylic acids is 1. The molecule has 1 amide bonds. The second-order valence-corrected chi connectivity index (χ2v) is 3.64. The number of carbonyl (C=O) groups is 1. The van der Waals surface area contributed by atoms with Crippen LogP contribution in [0.5, 0.6) is 0 Å². The van der Waals surface area contributed by atoms with E-state index in [1.54, 1.807) is 24.5 Å². The van der Waals surface area contributed by atoms with Crippen molar-refractivity contribution in [1.29, 1.82) is 0 Å². The van der Waals surface area contributed by atoms with E-state index in [1.807, 2.05) is 6.92 Å². The van der Waals surface area contributed by atoms with E-state index in [-0.39, 0.29) is 11.9 Å². The second kappa shape index (κ2) is 4.65. The van der Waals surface area contributed by atoms with Crippen LogP contribution in [0.3, 0.4) is 0 Å². The Bertz CT molecular complexity index is 491. The van der Waals surface area contributed by atoms with Crippen molar-refractivity contribution in [3.8, 4) is 0 Å². The normalized spacial score (nSPS) is 12.1. The zero-order valence-electron chi connectivity index (χ0n) is 9.34. The van der Waals surface area contributed by atoms with Crippen molar-refractivity contribution in [3.63, 3.8) is 0 Å². The number of nitrogens with one attached hydrogen (secondary N) is 2. The Morgan fingerprint density at radius 3 is 2.88 bits per heavy atom. The van der Waals surface area contributed by atoms with Crippen molar-refractivity contribution >= 4 is 11.7 Å². The highest BCUT2D eigenvalue weighted by atomic mass is 16.1. The molecular formula is C11H13N5O. The van der Waals surface area contributed by atoms with Gasteiger partial charge in [0.25, 0.3) is 5.91 Å². The van der Waals surface area contributed by atoms with Crippen LogP contribution in [-0.4, -0.2) is 20.9 Å². The van der Waals surface area contributed by atoms with Gasteiger partial charge in [0.2, 0.25) is 0 Å². The minimum absolute atomic E-state index is 0.185. The van der Waals surface area contributed by atoms with Gasteiger partial charge in [0.15, 0.2) is 0 Å². The first-order valence-electron chi connectivity index (χ1n) is 5.18. The van der Waals surface area contributed by atoms with Crippen LogP contribution >= 0.6 is 0 Å².